The zero-order valence-corrected chi connectivity index (χ0v) is 10.5. The molecular formula is C11H19NO4. The summed E-state index contributed by atoms with van der Waals surface area (Å²) in [5.74, 6) is -0.420. The minimum Gasteiger partial charge on any atom is -0.463 e. The maximum absolute atomic E-state index is 11.4. The van der Waals surface area contributed by atoms with Crippen molar-refractivity contribution >= 4 is 12.1 Å². The van der Waals surface area contributed by atoms with E-state index in [9.17, 15) is 9.59 Å². The number of esters is 1. The Morgan fingerprint density at radius 1 is 1.06 bits per heavy atom. The fourth-order valence-corrected chi connectivity index (χ4v) is 0.996. The topological polar surface area (TPSA) is 55.8 Å². The Bertz CT molecular complexity index is 296. The van der Waals surface area contributed by atoms with E-state index in [0.717, 1.165) is 0 Å². The van der Waals surface area contributed by atoms with Gasteiger partial charge in [0.15, 0.2) is 0 Å². The first-order valence-electron chi connectivity index (χ1n) is 5.20. The summed E-state index contributed by atoms with van der Waals surface area (Å²) in [6, 6.07) is 0. The maximum atomic E-state index is 11.4. The number of carbonyl (C=O) groups excluding carboxylic acids is 2. The Labute approximate surface area is 96.0 Å². The van der Waals surface area contributed by atoms with Gasteiger partial charge in [0.1, 0.15) is 0 Å². The monoisotopic (exact) mass is 229 g/mol. The summed E-state index contributed by atoms with van der Waals surface area (Å²) in [7, 11) is 1.55. The molecule has 0 aromatic carbocycles. The van der Waals surface area contributed by atoms with E-state index in [2.05, 4.69) is 0 Å². The molecule has 92 valence electrons. The molecule has 0 fully saturated rings. The number of carbonyl (C=O) groups is 2. The van der Waals surface area contributed by atoms with Crippen molar-refractivity contribution in [2.45, 2.75) is 27.7 Å². The SMILES string of the molecule is CCOC(=O)/C(C)=C(/C)N(C)C(=O)OCC. The van der Waals surface area contributed by atoms with Crippen molar-refractivity contribution in [2.24, 2.45) is 0 Å². The molecule has 0 N–H and O–H groups in total. The molecule has 0 aliphatic heterocycles. The van der Waals surface area contributed by atoms with Crippen LogP contribution in [0.25, 0.3) is 0 Å². The molecule has 0 aromatic heterocycles. The second-order valence-electron chi connectivity index (χ2n) is 3.19. The van der Waals surface area contributed by atoms with Crippen molar-refractivity contribution in [3.8, 4) is 0 Å². The highest BCUT2D eigenvalue weighted by Gasteiger charge is 2.17. The molecule has 5 heteroatoms. The van der Waals surface area contributed by atoms with Crippen LogP contribution in [0.4, 0.5) is 4.79 Å². The molecule has 16 heavy (non-hydrogen) atoms. The van der Waals surface area contributed by atoms with Crippen molar-refractivity contribution in [2.75, 3.05) is 20.3 Å². The van der Waals surface area contributed by atoms with Gasteiger partial charge < -0.3 is 9.47 Å². The number of hydrogen-bond donors (Lipinski definition) is 0. The summed E-state index contributed by atoms with van der Waals surface area (Å²) < 4.78 is 9.65. The van der Waals surface area contributed by atoms with Crippen LogP contribution in [0.15, 0.2) is 11.3 Å². The van der Waals surface area contributed by atoms with Gasteiger partial charge in [-0.15, -0.1) is 0 Å². The third kappa shape index (κ3) is 3.92. The molecule has 1 amide bonds. The maximum Gasteiger partial charge on any atom is 0.413 e. The van der Waals surface area contributed by atoms with Gasteiger partial charge in [0.25, 0.3) is 0 Å². The Hall–Kier alpha value is -1.52. The Morgan fingerprint density at radius 3 is 2.00 bits per heavy atom. The molecule has 0 saturated carbocycles. The molecule has 0 aliphatic carbocycles. The molecule has 0 aliphatic rings. The zero-order valence-electron chi connectivity index (χ0n) is 10.5. The van der Waals surface area contributed by atoms with E-state index in [1.54, 1.807) is 34.7 Å². The smallest absolute Gasteiger partial charge is 0.413 e. The largest absolute Gasteiger partial charge is 0.463 e. The van der Waals surface area contributed by atoms with Crippen LogP contribution in [-0.2, 0) is 14.3 Å². The van der Waals surface area contributed by atoms with Crippen molar-refractivity contribution in [3.05, 3.63) is 11.3 Å². The minimum absolute atomic E-state index is 0.301. The summed E-state index contributed by atoms with van der Waals surface area (Å²) in [6.45, 7) is 7.35. The number of hydrogen-bond acceptors (Lipinski definition) is 4. The zero-order chi connectivity index (χ0) is 12.7. The van der Waals surface area contributed by atoms with Crippen LogP contribution in [0, 0.1) is 0 Å². The summed E-state index contributed by atoms with van der Waals surface area (Å²) in [5.41, 5.74) is 0.925. The van der Waals surface area contributed by atoms with Crippen molar-refractivity contribution in [1.82, 2.24) is 4.90 Å². The first-order valence-corrected chi connectivity index (χ1v) is 5.20. The van der Waals surface area contributed by atoms with E-state index in [1.165, 1.54) is 4.90 Å². The summed E-state index contributed by atoms with van der Waals surface area (Å²) in [6.07, 6.45) is -0.483. The normalized spacial score (nSPS) is 11.6. The Balaban J connectivity index is 4.73. The van der Waals surface area contributed by atoms with Gasteiger partial charge in [0.05, 0.1) is 18.8 Å². The highest BCUT2D eigenvalue weighted by atomic mass is 16.6. The average Bonchev–Trinajstić information content (AvgIpc) is 2.26. The van der Waals surface area contributed by atoms with Crippen LogP contribution in [0.1, 0.15) is 27.7 Å². The Kier molecular flexibility index (Phi) is 6.22. The number of nitrogens with zero attached hydrogens (tertiary/aromatic N) is 1. The lowest BCUT2D eigenvalue weighted by Gasteiger charge is -2.18. The van der Waals surface area contributed by atoms with Crippen LogP contribution in [0.5, 0.6) is 0 Å². The van der Waals surface area contributed by atoms with Crippen LogP contribution in [0.3, 0.4) is 0 Å². The third-order valence-corrected chi connectivity index (χ3v) is 2.17. The van der Waals surface area contributed by atoms with Crippen molar-refractivity contribution in [1.29, 1.82) is 0 Å². The molecule has 0 aromatic rings. The van der Waals surface area contributed by atoms with E-state index >= 15 is 0 Å². The number of rotatable bonds is 4. The molecule has 0 unspecified atom stereocenters. The second kappa shape index (κ2) is 6.87. The van der Waals surface area contributed by atoms with E-state index in [4.69, 9.17) is 9.47 Å². The first-order chi connectivity index (χ1) is 7.45. The summed E-state index contributed by atoms with van der Waals surface area (Å²) in [4.78, 5) is 24.1. The molecule has 0 heterocycles. The van der Waals surface area contributed by atoms with Crippen LogP contribution in [0.2, 0.25) is 0 Å². The van der Waals surface area contributed by atoms with Gasteiger partial charge in [-0.2, -0.15) is 0 Å². The molecule has 0 radical (unpaired) electrons. The van der Waals surface area contributed by atoms with Gasteiger partial charge in [0, 0.05) is 12.7 Å². The molecule has 0 atom stereocenters. The van der Waals surface area contributed by atoms with Crippen molar-refractivity contribution < 1.29 is 19.1 Å². The second-order valence-corrected chi connectivity index (χ2v) is 3.19. The minimum atomic E-state index is -0.483. The van der Waals surface area contributed by atoms with Gasteiger partial charge in [-0.25, -0.2) is 9.59 Å². The van der Waals surface area contributed by atoms with E-state index in [-0.39, 0.29) is 0 Å². The first kappa shape index (κ1) is 14.5. The molecule has 0 saturated heterocycles. The van der Waals surface area contributed by atoms with Gasteiger partial charge >= 0.3 is 12.1 Å². The predicted molar refractivity (Wildman–Crippen MR) is 59.8 cm³/mol. The highest BCUT2D eigenvalue weighted by molar-refractivity contribution is 5.89. The summed E-state index contributed by atoms with van der Waals surface area (Å²) >= 11 is 0. The summed E-state index contributed by atoms with van der Waals surface area (Å²) in [5, 5.41) is 0. The van der Waals surface area contributed by atoms with Gasteiger partial charge in [-0.05, 0) is 27.7 Å². The molecule has 0 bridgehead atoms. The third-order valence-electron chi connectivity index (χ3n) is 2.17. The quantitative estimate of drug-likeness (QED) is 0.546. The fraction of sp³-hybridized carbons (Fsp3) is 0.636. The number of ether oxygens (including phenoxy) is 2. The molecule has 0 rings (SSSR count). The standard InChI is InChI=1S/C11H19NO4/c1-6-15-10(13)8(3)9(4)12(5)11(14)16-7-2/h6-7H2,1-5H3/b9-8-. The lowest BCUT2D eigenvalue weighted by atomic mass is 10.2. The van der Waals surface area contributed by atoms with Crippen LogP contribution < -0.4 is 0 Å². The van der Waals surface area contributed by atoms with E-state index in [1.807, 2.05) is 0 Å². The Morgan fingerprint density at radius 2 is 1.56 bits per heavy atom. The lowest BCUT2D eigenvalue weighted by molar-refractivity contribution is -0.138. The van der Waals surface area contributed by atoms with Gasteiger partial charge in [-0.1, -0.05) is 0 Å². The molecule has 0 spiro atoms. The number of amides is 1. The predicted octanol–water partition coefficient (Wildman–Crippen LogP) is 1.93. The molecule has 5 nitrogen and oxygen atoms in total. The highest BCUT2D eigenvalue weighted by Crippen LogP contribution is 2.10. The average molecular weight is 229 g/mol. The van der Waals surface area contributed by atoms with Gasteiger partial charge in [0.2, 0.25) is 0 Å². The van der Waals surface area contributed by atoms with Crippen LogP contribution >= 0.6 is 0 Å². The van der Waals surface area contributed by atoms with E-state index in [0.29, 0.717) is 24.5 Å². The fourth-order valence-electron chi connectivity index (χ4n) is 0.996. The lowest BCUT2D eigenvalue weighted by Crippen LogP contribution is -2.27. The van der Waals surface area contributed by atoms with Crippen LogP contribution in [-0.4, -0.2) is 37.2 Å². The van der Waals surface area contributed by atoms with E-state index < -0.39 is 12.1 Å². The number of allylic oxidation sites excluding steroid dienone is 1. The molecular weight excluding hydrogens is 210 g/mol. The van der Waals surface area contributed by atoms with Crippen molar-refractivity contribution in [3.63, 3.8) is 0 Å². The van der Waals surface area contributed by atoms with Gasteiger partial charge in [-0.3, -0.25) is 4.90 Å².